The second-order valence-corrected chi connectivity index (χ2v) is 3.84. The minimum absolute atomic E-state index is 0. The molecular formula is C10H7F4N5O. The van der Waals surface area contributed by atoms with Crippen LogP contribution in [0.5, 0.6) is 0 Å². The quantitative estimate of drug-likeness (QED) is 0.628. The molecule has 0 bridgehead atoms. The second-order valence-electron chi connectivity index (χ2n) is 3.84. The van der Waals surface area contributed by atoms with Gasteiger partial charge in [0.25, 0.3) is 0 Å². The molecule has 1 aromatic carbocycles. The summed E-state index contributed by atoms with van der Waals surface area (Å²) in [6.07, 6.45) is -3.59. The molecule has 20 heavy (non-hydrogen) atoms. The molecule has 10 heteroatoms. The van der Waals surface area contributed by atoms with Gasteiger partial charge in [0, 0.05) is 6.07 Å². The van der Waals surface area contributed by atoms with Crippen molar-refractivity contribution in [1.82, 2.24) is 19.6 Å². The molecule has 2 aromatic heterocycles. The van der Waals surface area contributed by atoms with E-state index in [1.807, 2.05) is 0 Å². The number of rotatable bonds is 0. The van der Waals surface area contributed by atoms with Crippen molar-refractivity contribution in [2.75, 3.05) is 5.73 Å². The third kappa shape index (κ3) is 1.90. The number of halogens is 4. The molecule has 3 aromatic rings. The van der Waals surface area contributed by atoms with E-state index in [4.69, 9.17) is 5.73 Å². The van der Waals surface area contributed by atoms with Crippen LogP contribution in [0.2, 0.25) is 0 Å². The lowest BCUT2D eigenvalue weighted by Gasteiger charge is -2.11. The van der Waals surface area contributed by atoms with Gasteiger partial charge in [0.1, 0.15) is 17.7 Å². The first-order valence-electron chi connectivity index (χ1n) is 5.03. The molecule has 6 nitrogen and oxygen atoms in total. The first-order valence-corrected chi connectivity index (χ1v) is 5.03. The highest BCUT2D eigenvalue weighted by molar-refractivity contribution is 5.84. The lowest BCUT2D eigenvalue weighted by molar-refractivity contribution is -0.136. The fraction of sp³-hybridized carbons (Fsp3) is 0.100. The van der Waals surface area contributed by atoms with Crippen LogP contribution in [0.1, 0.15) is 5.56 Å². The van der Waals surface area contributed by atoms with Crippen molar-refractivity contribution in [3.05, 3.63) is 29.8 Å². The average Bonchev–Trinajstić information content (AvgIpc) is 2.78. The molecule has 3 rings (SSSR count). The average molecular weight is 289 g/mol. The predicted molar refractivity (Wildman–Crippen MR) is 61.3 cm³/mol. The van der Waals surface area contributed by atoms with Crippen LogP contribution >= 0.6 is 0 Å². The number of anilines is 1. The second kappa shape index (κ2) is 4.27. The molecule has 0 fully saturated rings. The smallest absolute Gasteiger partial charge is 0.412 e. The Morgan fingerprint density at radius 2 is 1.90 bits per heavy atom. The highest BCUT2D eigenvalue weighted by atomic mass is 19.4. The third-order valence-electron chi connectivity index (χ3n) is 2.63. The molecule has 0 spiro atoms. The summed E-state index contributed by atoms with van der Waals surface area (Å²) in [6.45, 7) is 0. The summed E-state index contributed by atoms with van der Waals surface area (Å²) in [5, 5.41) is 7.13. The van der Waals surface area contributed by atoms with E-state index >= 15 is 0 Å². The fourth-order valence-electron chi connectivity index (χ4n) is 1.86. The summed E-state index contributed by atoms with van der Waals surface area (Å²) >= 11 is 0. The lowest BCUT2D eigenvalue weighted by Crippen LogP contribution is -2.10. The first kappa shape index (κ1) is 13.9. The number of benzene rings is 1. The van der Waals surface area contributed by atoms with Gasteiger partial charge in [0.05, 0.1) is 11.1 Å². The Morgan fingerprint density at radius 1 is 1.20 bits per heavy atom. The van der Waals surface area contributed by atoms with E-state index in [2.05, 4.69) is 15.2 Å². The van der Waals surface area contributed by atoms with Gasteiger partial charge >= 0.3 is 6.18 Å². The summed E-state index contributed by atoms with van der Waals surface area (Å²) in [4.78, 5) is 3.65. The molecule has 0 aliphatic rings. The number of nitrogens with two attached hydrogens (primary N) is 1. The van der Waals surface area contributed by atoms with Crippen LogP contribution < -0.4 is 5.73 Å². The molecule has 106 valence electrons. The van der Waals surface area contributed by atoms with Gasteiger partial charge in [-0.1, -0.05) is 0 Å². The molecule has 0 aliphatic heterocycles. The van der Waals surface area contributed by atoms with E-state index in [1.54, 1.807) is 0 Å². The van der Waals surface area contributed by atoms with Crippen molar-refractivity contribution < 1.29 is 23.0 Å². The summed E-state index contributed by atoms with van der Waals surface area (Å²) < 4.78 is 53.1. The van der Waals surface area contributed by atoms with E-state index in [0.29, 0.717) is 6.07 Å². The lowest BCUT2D eigenvalue weighted by atomic mass is 10.1. The number of hydrogen-bond donors (Lipinski definition) is 1. The van der Waals surface area contributed by atoms with Crippen LogP contribution in [0, 0.1) is 5.82 Å². The Morgan fingerprint density at radius 3 is 2.55 bits per heavy atom. The van der Waals surface area contributed by atoms with E-state index in [9.17, 15) is 17.6 Å². The van der Waals surface area contributed by atoms with Crippen LogP contribution in [0.25, 0.3) is 16.7 Å². The molecule has 0 saturated heterocycles. The van der Waals surface area contributed by atoms with Gasteiger partial charge in [-0.05, 0) is 6.07 Å². The van der Waals surface area contributed by atoms with Gasteiger partial charge < -0.3 is 11.2 Å². The topological polar surface area (TPSA) is 101 Å². The standard InChI is InChI=1S/C10H5F4N5.H2O/c11-4-1-5(10(12,13)14)7-6(2-4)19-3-16-18-9(19)8(15)17-7;/h1-3H,(H2,15,17);1H2. The maximum Gasteiger partial charge on any atom is 0.418 e. The summed E-state index contributed by atoms with van der Waals surface area (Å²) in [7, 11) is 0. The molecule has 0 unspecified atom stereocenters. The Balaban J connectivity index is 0.00000147. The fourth-order valence-corrected chi connectivity index (χ4v) is 1.86. The maximum absolute atomic E-state index is 13.3. The SMILES string of the molecule is Nc1nc2c(C(F)(F)F)cc(F)cc2n2cnnc12.O. The normalized spacial score (nSPS) is 11.8. The number of nitrogens with zero attached hydrogens (tertiary/aromatic N) is 4. The zero-order chi connectivity index (χ0) is 13.8. The molecule has 0 saturated carbocycles. The minimum Gasteiger partial charge on any atom is -0.412 e. The molecular weight excluding hydrogens is 282 g/mol. The summed E-state index contributed by atoms with van der Waals surface area (Å²) in [5.41, 5.74) is 3.87. The first-order chi connectivity index (χ1) is 8.88. The zero-order valence-electron chi connectivity index (χ0n) is 9.61. The van der Waals surface area contributed by atoms with Gasteiger partial charge in [-0.2, -0.15) is 13.2 Å². The Hall–Kier alpha value is -2.49. The Labute approximate surface area is 108 Å². The number of fused-ring (bicyclic) bond motifs is 3. The van der Waals surface area contributed by atoms with Crippen LogP contribution in [0.15, 0.2) is 18.5 Å². The summed E-state index contributed by atoms with van der Waals surface area (Å²) in [6, 6.07) is 1.30. The van der Waals surface area contributed by atoms with Gasteiger partial charge in [-0.15, -0.1) is 10.2 Å². The highest BCUT2D eigenvalue weighted by Crippen LogP contribution is 2.35. The molecule has 4 N–H and O–H groups in total. The van der Waals surface area contributed by atoms with E-state index in [0.717, 1.165) is 16.8 Å². The van der Waals surface area contributed by atoms with Crippen LogP contribution in [0.3, 0.4) is 0 Å². The van der Waals surface area contributed by atoms with Crippen LogP contribution in [-0.2, 0) is 6.18 Å². The van der Waals surface area contributed by atoms with Crippen molar-refractivity contribution in [2.24, 2.45) is 0 Å². The molecule has 0 radical (unpaired) electrons. The predicted octanol–water partition coefficient (Wildman–Crippen LogP) is 1.19. The van der Waals surface area contributed by atoms with Crippen molar-refractivity contribution in [3.63, 3.8) is 0 Å². The molecule has 0 atom stereocenters. The third-order valence-corrected chi connectivity index (χ3v) is 2.63. The number of aromatic nitrogens is 4. The van der Waals surface area contributed by atoms with E-state index in [1.165, 1.54) is 0 Å². The van der Waals surface area contributed by atoms with Gasteiger partial charge in [0.15, 0.2) is 5.82 Å². The van der Waals surface area contributed by atoms with Crippen molar-refractivity contribution in [3.8, 4) is 0 Å². The summed E-state index contributed by atoms with van der Waals surface area (Å²) in [5.74, 6) is -1.23. The molecule has 0 aliphatic carbocycles. The Kier molecular flexibility index (Phi) is 2.97. The van der Waals surface area contributed by atoms with Crippen molar-refractivity contribution >= 4 is 22.5 Å². The largest absolute Gasteiger partial charge is 0.418 e. The van der Waals surface area contributed by atoms with E-state index < -0.39 is 23.1 Å². The van der Waals surface area contributed by atoms with Crippen molar-refractivity contribution in [2.45, 2.75) is 6.18 Å². The van der Waals surface area contributed by atoms with E-state index in [-0.39, 0.29) is 22.5 Å². The van der Waals surface area contributed by atoms with Gasteiger partial charge in [-0.3, -0.25) is 4.40 Å². The van der Waals surface area contributed by atoms with Crippen LogP contribution in [0.4, 0.5) is 23.4 Å². The number of alkyl halides is 3. The molecule has 0 amide bonds. The molecule has 2 heterocycles. The van der Waals surface area contributed by atoms with Crippen LogP contribution in [-0.4, -0.2) is 25.1 Å². The van der Waals surface area contributed by atoms with Gasteiger partial charge in [-0.25, -0.2) is 9.37 Å². The van der Waals surface area contributed by atoms with Gasteiger partial charge in [0.2, 0.25) is 5.65 Å². The zero-order valence-corrected chi connectivity index (χ0v) is 9.61. The monoisotopic (exact) mass is 289 g/mol. The number of hydrogen-bond acceptors (Lipinski definition) is 4. The Bertz CT molecular complexity index is 798. The minimum atomic E-state index is -4.73. The van der Waals surface area contributed by atoms with Crippen molar-refractivity contribution in [1.29, 1.82) is 0 Å². The number of nitrogen functional groups attached to an aromatic ring is 1. The highest BCUT2D eigenvalue weighted by Gasteiger charge is 2.34. The maximum atomic E-state index is 13.3.